The molecule has 25 heavy (non-hydrogen) atoms. The molecule has 0 aliphatic rings. The smallest absolute Gasteiger partial charge is 0.191 e. The van der Waals surface area contributed by atoms with Gasteiger partial charge in [0.25, 0.3) is 0 Å². The first-order valence-electron chi connectivity index (χ1n) is 8.18. The standard InChI is InChI=1S/C19H22N6/c1-15-3-5-16(6-4-15)12-23-19(20-2)24-13-17-7-8-22-18(11-17)25-10-9-21-14-25/h3-11,14H,12-13H2,1-2H3,(H2,20,23,24). The van der Waals surface area contributed by atoms with Crippen molar-refractivity contribution in [2.75, 3.05) is 7.05 Å². The van der Waals surface area contributed by atoms with Crippen molar-refractivity contribution in [3.8, 4) is 5.82 Å². The Morgan fingerprint density at radius 1 is 1.04 bits per heavy atom. The van der Waals surface area contributed by atoms with E-state index in [1.54, 1.807) is 25.8 Å². The van der Waals surface area contributed by atoms with E-state index in [4.69, 9.17) is 0 Å². The zero-order valence-electron chi connectivity index (χ0n) is 14.5. The van der Waals surface area contributed by atoms with Crippen LogP contribution in [-0.4, -0.2) is 27.5 Å². The Balaban J connectivity index is 1.56. The summed E-state index contributed by atoms with van der Waals surface area (Å²) in [5, 5.41) is 6.65. The van der Waals surface area contributed by atoms with Crippen molar-refractivity contribution >= 4 is 5.96 Å². The van der Waals surface area contributed by atoms with Crippen molar-refractivity contribution in [3.63, 3.8) is 0 Å². The predicted molar refractivity (Wildman–Crippen MR) is 99.6 cm³/mol. The minimum Gasteiger partial charge on any atom is -0.352 e. The number of benzene rings is 1. The van der Waals surface area contributed by atoms with Crippen molar-refractivity contribution < 1.29 is 0 Å². The quantitative estimate of drug-likeness (QED) is 0.555. The third-order valence-electron chi connectivity index (χ3n) is 3.84. The van der Waals surface area contributed by atoms with Gasteiger partial charge in [-0.15, -0.1) is 0 Å². The second kappa shape index (κ2) is 8.10. The highest BCUT2D eigenvalue weighted by Gasteiger charge is 2.02. The van der Waals surface area contributed by atoms with Gasteiger partial charge in [-0.1, -0.05) is 29.8 Å². The van der Waals surface area contributed by atoms with Gasteiger partial charge in [-0.25, -0.2) is 9.97 Å². The first kappa shape index (κ1) is 16.7. The minimum absolute atomic E-state index is 0.664. The summed E-state index contributed by atoms with van der Waals surface area (Å²) in [7, 11) is 1.77. The van der Waals surface area contributed by atoms with E-state index in [2.05, 4.69) is 56.8 Å². The topological polar surface area (TPSA) is 67.1 Å². The predicted octanol–water partition coefficient (Wildman–Crippen LogP) is 2.44. The van der Waals surface area contributed by atoms with Crippen LogP contribution >= 0.6 is 0 Å². The van der Waals surface area contributed by atoms with E-state index in [1.165, 1.54) is 11.1 Å². The van der Waals surface area contributed by atoms with E-state index < -0.39 is 0 Å². The average Bonchev–Trinajstić information content (AvgIpc) is 3.18. The zero-order chi connectivity index (χ0) is 17.5. The van der Waals surface area contributed by atoms with Gasteiger partial charge in [0.1, 0.15) is 12.1 Å². The molecule has 2 aromatic heterocycles. The van der Waals surface area contributed by atoms with Crippen LogP contribution in [0.15, 0.2) is 66.3 Å². The van der Waals surface area contributed by atoms with Crippen LogP contribution in [0, 0.1) is 6.92 Å². The fourth-order valence-corrected chi connectivity index (χ4v) is 2.40. The number of pyridine rings is 1. The highest BCUT2D eigenvalue weighted by atomic mass is 15.2. The molecule has 6 heteroatoms. The molecule has 0 aliphatic heterocycles. The molecule has 0 aliphatic carbocycles. The maximum Gasteiger partial charge on any atom is 0.191 e. The number of imidazole rings is 1. The molecule has 0 saturated heterocycles. The summed E-state index contributed by atoms with van der Waals surface area (Å²) in [6.07, 6.45) is 7.15. The molecule has 2 N–H and O–H groups in total. The molecular formula is C19H22N6. The molecule has 0 fully saturated rings. The molecule has 6 nitrogen and oxygen atoms in total. The molecule has 0 atom stereocenters. The van der Waals surface area contributed by atoms with Crippen LogP contribution in [0.3, 0.4) is 0 Å². The monoisotopic (exact) mass is 334 g/mol. The Morgan fingerprint density at radius 2 is 1.80 bits per heavy atom. The third-order valence-corrected chi connectivity index (χ3v) is 3.84. The first-order valence-corrected chi connectivity index (χ1v) is 8.18. The number of guanidine groups is 1. The molecule has 2 heterocycles. The molecule has 0 amide bonds. The molecule has 0 unspecified atom stereocenters. The van der Waals surface area contributed by atoms with Crippen molar-refractivity contribution in [2.24, 2.45) is 4.99 Å². The van der Waals surface area contributed by atoms with Crippen LogP contribution in [0.4, 0.5) is 0 Å². The summed E-state index contributed by atoms with van der Waals surface area (Å²) in [4.78, 5) is 12.7. The molecular weight excluding hydrogens is 312 g/mol. The maximum atomic E-state index is 4.36. The fraction of sp³-hybridized carbons (Fsp3) is 0.211. The number of hydrogen-bond donors (Lipinski definition) is 2. The minimum atomic E-state index is 0.664. The van der Waals surface area contributed by atoms with Crippen LogP contribution in [-0.2, 0) is 13.1 Å². The molecule has 0 saturated carbocycles. The average molecular weight is 334 g/mol. The van der Waals surface area contributed by atoms with Gasteiger partial charge in [0.2, 0.25) is 0 Å². The number of rotatable bonds is 5. The largest absolute Gasteiger partial charge is 0.352 e. The Labute approximate surface area is 147 Å². The summed E-state index contributed by atoms with van der Waals surface area (Å²) < 4.78 is 1.88. The van der Waals surface area contributed by atoms with Crippen LogP contribution in [0.5, 0.6) is 0 Å². The van der Waals surface area contributed by atoms with E-state index in [9.17, 15) is 0 Å². The number of hydrogen-bond acceptors (Lipinski definition) is 3. The van der Waals surface area contributed by atoms with Gasteiger partial charge in [-0.05, 0) is 30.2 Å². The number of nitrogens with zero attached hydrogens (tertiary/aromatic N) is 4. The van der Waals surface area contributed by atoms with Crippen LogP contribution in [0.1, 0.15) is 16.7 Å². The molecule has 128 valence electrons. The van der Waals surface area contributed by atoms with Gasteiger partial charge >= 0.3 is 0 Å². The van der Waals surface area contributed by atoms with Gasteiger partial charge in [-0.3, -0.25) is 9.56 Å². The molecule has 0 bridgehead atoms. The van der Waals surface area contributed by atoms with Gasteiger partial charge in [0, 0.05) is 38.7 Å². The van der Waals surface area contributed by atoms with E-state index in [1.807, 2.05) is 22.9 Å². The lowest BCUT2D eigenvalue weighted by Crippen LogP contribution is -2.36. The summed E-state index contributed by atoms with van der Waals surface area (Å²) in [5.74, 6) is 1.61. The third kappa shape index (κ3) is 4.67. The number of aromatic nitrogens is 3. The SMILES string of the molecule is CN=C(NCc1ccc(C)cc1)NCc1ccnc(-n2ccnc2)c1. The second-order valence-corrected chi connectivity index (χ2v) is 5.76. The van der Waals surface area contributed by atoms with E-state index in [0.29, 0.717) is 6.54 Å². The molecule has 1 aromatic carbocycles. The zero-order valence-corrected chi connectivity index (χ0v) is 14.5. The lowest BCUT2D eigenvalue weighted by atomic mass is 10.1. The van der Waals surface area contributed by atoms with Gasteiger partial charge in [-0.2, -0.15) is 0 Å². The van der Waals surface area contributed by atoms with Crippen LogP contribution < -0.4 is 10.6 Å². The number of aliphatic imine (C=N–C) groups is 1. The Morgan fingerprint density at radius 3 is 2.48 bits per heavy atom. The fourth-order valence-electron chi connectivity index (χ4n) is 2.40. The lowest BCUT2D eigenvalue weighted by molar-refractivity contribution is 0.806. The Kier molecular flexibility index (Phi) is 5.41. The van der Waals surface area contributed by atoms with Gasteiger partial charge in [0.05, 0.1) is 0 Å². The Hall–Kier alpha value is -3.15. The van der Waals surface area contributed by atoms with Crippen LogP contribution in [0.25, 0.3) is 5.82 Å². The maximum absolute atomic E-state index is 4.36. The highest BCUT2D eigenvalue weighted by molar-refractivity contribution is 5.79. The normalized spacial score (nSPS) is 11.4. The lowest BCUT2D eigenvalue weighted by Gasteiger charge is -2.12. The van der Waals surface area contributed by atoms with Crippen molar-refractivity contribution in [1.82, 2.24) is 25.2 Å². The first-order chi connectivity index (χ1) is 12.2. The Bertz CT molecular complexity index is 821. The molecule has 3 aromatic rings. The van der Waals surface area contributed by atoms with E-state index in [0.717, 1.165) is 23.9 Å². The van der Waals surface area contributed by atoms with Gasteiger partial charge in [0.15, 0.2) is 5.96 Å². The molecule has 3 rings (SSSR count). The number of nitrogens with one attached hydrogen (secondary N) is 2. The number of aryl methyl sites for hydroxylation is 1. The van der Waals surface area contributed by atoms with E-state index in [-0.39, 0.29) is 0 Å². The van der Waals surface area contributed by atoms with E-state index >= 15 is 0 Å². The van der Waals surface area contributed by atoms with Crippen LogP contribution in [0.2, 0.25) is 0 Å². The summed E-state index contributed by atoms with van der Waals surface area (Å²) in [6, 6.07) is 12.5. The molecule has 0 spiro atoms. The van der Waals surface area contributed by atoms with Crippen molar-refractivity contribution in [3.05, 3.63) is 78.0 Å². The van der Waals surface area contributed by atoms with Gasteiger partial charge < -0.3 is 10.6 Å². The second-order valence-electron chi connectivity index (χ2n) is 5.76. The van der Waals surface area contributed by atoms with Crippen molar-refractivity contribution in [1.29, 1.82) is 0 Å². The highest BCUT2D eigenvalue weighted by Crippen LogP contribution is 2.07. The van der Waals surface area contributed by atoms with Crippen molar-refractivity contribution in [2.45, 2.75) is 20.0 Å². The summed E-state index contributed by atoms with van der Waals surface area (Å²) in [5.41, 5.74) is 3.61. The summed E-state index contributed by atoms with van der Waals surface area (Å²) in [6.45, 7) is 3.48. The molecule has 0 radical (unpaired) electrons. The summed E-state index contributed by atoms with van der Waals surface area (Å²) >= 11 is 0.